The van der Waals surface area contributed by atoms with E-state index < -0.39 is 17.8 Å². The summed E-state index contributed by atoms with van der Waals surface area (Å²) in [7, 11) is 0. The molecule has 8 nitrogen and oxygen atoms in total. The highest BCUT2D eigenvalue weighted by Gasteiger charge is 2.33. The predicted octanol–water partition coefficient (Wildman–Crippen LogP) is 3.25. The van der Waals surface area contributed by atoms with Crippen LogP contribution in [0.4, 0.5) is 18.9 Å². The fraction of sp³-hybridized carbons (Fsp3) is 0.263. The van der Waals surface area contributed by atoms with Gasteiger partial charge in [-0.15, -0.1) is 0 Å². The van der Waals surface area contributed by atoms with Gasteiger partial charge in [-0.3, -0.25) is 9.78 Å². The zero-order valence-corrected chi connectivity index (χ0v) is 16.6. The number of amides is 1. The summed E-state index contributed by atoms with van der Waals surface area (Å²) < 4.78 is 45.2. The molecule has 31 heavy (non-hydrogen) atoms. The number of anilines is 1. The summed E-state index contributed by atoms with van der Waals surface area (Å²) in [6, 6.07) is 5.19. The summed E-state index contributed by atoms with van der Waals surface area (Å²) >= 11 is 6.31. The second kappa shape index (κ2) is 8.61. The molecule has 4 rings (SSSR count). The number of carbonyl (C=O) groups excluding carboxylic acids is 1. The van der Waals surface area contributed by atoms with E-state index in [1.807, 2.05) is 0 Å². The quantitative estimate of drug-likeness (QED) is 0.631. The predicted molar refractivity (Wildman–Crippen MR) is 105 cm³/mol. The summed E-state index contributed by atoms with van der Waals surface area (Å²) in [5.41, 5.74) is 0.214. The molecule has 2 aromatic heterocycles. The van der Waals surface area contributed by atoms with Crippen LogP contribution in [0.2, 0.25) is 5.02 Å². The molecule has 1 aliphatic rings. The van der Waals surface area contributed by atoms with Gasteiger partial charge in [-0.2, -0.15) is 18.3 Å². The number of rotatable bonds is 4. The summed E-state index contributed by atoms with van der Waals surface area (Å²) in [5, 5.41) is 10.1. The lowest BCUT2D eigenvalue weighted by atomic mass is 10.1. The van der Waals surface area contributed by atoms with Crippen molar-refractivity contribution < 1.29 is 22.7 Å². The molecule has 2 N–H and O–H groups in total. The Balaban J connectivity index is 1.48. The number of benzene rings is 1. The van der Waals surface area contributed by atoms with Gasteiger partial charge in [0.1, 0.15) is 0 Å². The minimum absolute atomic E-state index is 0.110. The first-order valence-corrected chi connectivity index (χ1v) is 9.56. The van der Waals surface area contributed by atoms with Crippen LogP contribution in [0.25, 0.3) is 5.82 Å². The standard InChI is InChI=1S/C19H16ClF3N6O2/c20-13-5-11(15-7-24-3-4-31-15)1-2-14(13)27-18(30)12-6-26-29(10-12)17-9-25-8-16(28-17)19(21,22)23/h1-2,5-6,8-10,15,24H,3-4,7H2,(H,27,30)/t15-/m1/s1. The molecule has 1 fully saturated rings. The molecule has 0 bridgehead atoms. The smallest absolute Gasteiger partial charge is 0.371 e. The number of nitrogens with zero attached hydrogens (tertiary/aromatic N) is 4. The minimum atomic E-state index is -4.64. The van der Waals surface area contributed by atoms with Gasteiger partial charge >= 0.3 is 6.18 Å². The van der Waals surface area contributed by atoms with Crippen LogP contribution in [-0.4, -0.2) is 45.4 Å². The Morgan fingerprint density at radius 3 is 2.84 bits per heavy atom. The molecule has 1 aliphatic heterocycles. The number of nitrogens with one attached hydrogen (secondary N) is 2. The van der Waals surface area contributed by atoms with Gasteiger partial charge in [0.15, 0.2) is 11.5 Å². The molecule has 0 aliphatic carbocycles. The van der Waals surface area contributed by atoms with Crippen LogP contribution in [0, 0.1) is 0 Å². The largest absolute Gasteiger partial charge is 0.434 e. The second-order valence-electron chi connectivity index (χ2n) is 6.69. The fourth-order valence-electron chi connectivity index (χ4n) is 2.97. The first kappa shape index (κ1) is 21.2. The SMILES string of the molecule is O=C(Nc1ccc([C@H]2CNCCO2)cc1Cl)c1cnn(-c2cncc(C(F)(F)F)n2)c1. The van der Waals surface area contributed by atoms with Crippen LogP contribution in [0.1, 0.15) is 27.7 Å². The van der Waals surface area contributed by atoms with Crippen molar-refractivity contribution in [3.05, 3.63) is 64.8 Å². The second-order valence-corrected chi connectivity index (χ2v) is 7.10. The molecule has 12 heteroatoms. The first-order valence-electron chi connectivity index (χ1n) is 9.18. The third kappa shape index (κ3) is 4.84. The average Bonchev–Trinajstić information content (AvgIpc) is 3.26. The van der Waals surface area contributed by atoms with E-state index in [0.29, 0.717) is 30.1 Å². The van der Waals surface area contributed by atoms with Crippen molar-refractivity contribution in [3.8, 4) is 5.82 Å². The molecule has 1 aromatic carbocycles. The van der Waals surface area contributed by atoms with E-state index in [4.69, 9.17) is 16.3 Å². The van der Waals surface area contributed by atoms with Crippen molar-refractivity contribution in [1.82, 2.24) is 25.1 Å². The molecular weight excluding hydrogens is 437 g/mol. The molecule has 1 amide bonds. The van der Waals surface area contributed by atoms with Crippen molar-refractivity contribution in [2.75, 3.05) is 25.0 Å². The molecule has 162 valence electrons. The maximum Gasteiger partial charge on any atom is 0.434 e. The van der Waals surface area contributed by atoms with Crippen LogP contribution in [0.5, 0.6) is 0 Å². The molecular formula is C19H16ClF3N6O2. The van der Waals surface area contributed by atoms with Crippen LogP contribution >= 0.6 is 11.6 Å². The number of morpholine rings is 1. The number of ether oxygens (including phenoxy) is 1. The van der Waals surface area contributed by atoms with Gasteiger partial charge in [0, 0.05) is 19.3 Å². The molecule has 1 atom stereocenters. The van der Waals surface area contributed by atoms with Crippen LogP contribution in [0.3, 0.4) is 0 Å². The minimum Gasteiger partial charge on any atom is -0.371 e. The maximum absolute atomic E-state index is 12.8. The number of hydrogen-bond donors (Lipinski definition) is 2. The lowest BCUT2D eigenvalue weighted by Crippen LogP contribution is -2.33. The van der Waals surface area contributed by atoms with E-state index in [2.05, 4.69) is 25.7 Å². The van der Waals surface area contributed by atoms with Crippen molar-refractivity contribution >= 4 is 23.2 Å². The third-order valence-corrected chi connectivity index (χ3v) is 4.85. The Labute approximate surface area is 179 Å². The topological polar surface area (TPSA) is 94.0 Å². The van der Waals surface area contributed by atoms with Gasteiger partial charge in [-0.1, -0.05) is 17.7 Å². The molecule has 3 heterocycles. The number of hydrogen-bond acceptors (Lipinski definition) is 6. The molecule has 1 saturated heterocycles. The fourth-order valence-corrected chi connectivity index (χ4v) is 3.21. The molecule has 0 unspecified atom stereocenters. The van der Waals surface area contributed by atoms with Crippen molar-refractivity contribution in [3.63, 3.8) is 0 Å². The van der Waals surface area contributed by atoms with E-state index >= 15 is 0 Å². The molecule has 0 spiro atoms. The van der Waals surface area contributed by atoms with Gasteiger partial charge in [0.2, 0.25) is 0 Å². The van der Waals surface area contributed by atoms with Crippen LogP contribution in [-0.2, 0) is 10.9 Å². The first-order chi connectivity index (χ1) is 14.8. The van der Waals surface area contributed by atoms with Crippen LogP contribution < -0.4 is 10.6 Å². The summed E-state index contributed by atoms with van der Waals surface area (Å²) in [6.07, 6.45) is -0.576. The van der Waals surface area contributed by atoms with Gasteiger partial charge < -0.3 is 15.4 Å². The Bertz CT molecular complexity index is 1100. The Kier molecular flexibility index (Phi) is 5.90. The highest BCUT2D eigenvalue weighted by molar-refractivity contribution is 6.34. The normalized spacial score (nSPS) is 16.8. The monoisotopic (exact) mass is 452 g/mol. The Morgan fingerprint density at radius 2 is 2.13 bits per heavy atom. The van der Waals surface area contributed by atoms with Crippen molar-refractivity contribution in [2.45, 2.75) is 12.3 Å². The van der Waals surface area contributed by atoms with Gasteiger partial charge in [-0.05, 0) is 17.7 Å². The highest BCUT2D eigenvalue weighted by Crippen LogP contribution is 2.29. The molecule has 0 saturated carbocycles. The number of aromatic nitrogens is 4. The van der Waals surface area contributed by atoms with Crippen molar-refractivity contribution in [2.24, 2.45) is 0 Å². The van der Waals surface area contributed by atoms with E-state index in [1.54, 1.807) is 18.2 Å². The Hall–Kier alpha value is -3.02. The summed E-state index contributed by atoms with van der Waals surface area (Å²) in [5.74, 6) is -0.700. The zero-order valence-electron chi connectivity index (χ0n) is 15.9. The number of alkyl halides is 3. The summed E-state index contributed by atoms with van der Waals surface area (Å²) in [6.45, 7) is 2.05. The molecule has 0 radical (unpaired) electrons. The van der Waals surface area contributed by atoms with Gasteiger partial charge in [0.25, 0.3) is 5.91 Å². The van der Waals surface area contributed by atoms with E-state index in [1.165, 1.54) is 12.4 Å². The third-order valence-electron chi connectivity index (χ3n) is 4.53. The Morgan fingerprint density at radius 1 is 1.29 bits per heavy atom. The summed E-state index contributed by atoms with van der Waals surface area (Å²) in [4.78, 5) is 19.6. The zero-order chi connectivity index (χ0) is 22.0. The molecule has 3 aromatic rings. The maximum atomic E-state index is 12.8. The number of carbonyl (C=O) groups is 1. The highest BCUT2D eigenvalue weighted by atomic mass is 35.5. The van der Waals surface area contributed by atoms with Crippen molar-refractivity contribution in [1.29, 1.82) is 0 Å². The van der Waals surface area contributed by atoms with E-state index in [9.17, 15) is 18.0 Å². The van der Waals surface area contributed by atoms with E-state index in [0.717, 1.165) is 23.0 Å². The van der Waals surface area contributed by atoms with Crippen LogP contribution in [0.15, 0.2) is 43.0 Å². The van der Waals surface area contributed by atoms with Gasteiger partial charge in [0.05, 0.1) is 47.6 Å². The number of halogens is 4. The average molecular weight is 453 g/mol. The lowest BCUT2D eigenvalue weighted by molar-refractivity contribution is -0.141. The van der Waals surface area contributed by atoms with Gasteiger partial charge in [-0.25, -0.2) is 9.67 Å². The lowest BCUT2D eigenvalue weighted by Gasteiger charge is -2.24. The van der Waals surface area contributed by atoms with E-state index in [-0.39, 0.29) is 17.5 Å².